The van der Waals surface area contributed by atoms with E-state index in [0.29, 0.717) is 28.7 Å². The molecular formula is C18H15BrN4O3. The first-order chi connectivity index (χ1) is 12.4. The number of carbonyl (C=O) groups excluding carboxylic acids is 2. The fraction of sp³-hybridized carbons (Fsp3) is 0.111. The molecule has 3 rings (SSSR count). The lowest BCUT2D eigenvalue weighted by Gasteiger charge is -2.12. The van der Waals surface area contributed by atoms with Crippen molar-refractivity contribution in [3.63, 3.8) is 0 Å². The maximum absolute atomic E-state index is 12.5. The first-order valence-electron chi connectivity index (χ1n) is 7.71. The van der Waals surface area contributed by atoms with E-state index in [1.807, 2.05) is 0 Å². The van der Waals surface area contributed by atoms with Crippen LogP contribution < -0.4 is 10.6 Å². The molecule has 0 saturated heterocycles. The molecule has 0 radical (unpaired) electrons. The number of nitrogens with zero attached hydrogens (tertiary/aromatic N) is 2. The van der Waals surface area contributed by atoms with Gasteiger partial charge in [-0.2, -0.15) is 4.98 Å². The lowest BCUT2D eigenvalue weighted by atomic mass is 10.1. The summed E-state index contributed by atoms with van der Waals surface area (Å²) in [7, 11) is 0. The Hall–Kier alpha value is -3.00. The summed E-state index contributed by atoms with van der Waals surface area (Å²) in [6.45, 7) is 3.14. The molecule has 26 heavy (non-hydrogen) atoms. The maximum Gasteiger partial charge on any atom is 0.257 e. The summed E-state index contributed by atoms with van der Waals surface area (Å²) in [5.41, 5.74) is 2.20. The molecule has 3 aromatic rings. The fourth-order valence-electron chi connectivity index (χ4n) is 2.29. The number of carbonyl (C=O) groups is 2. The van der Waals surface area contributed by atoms with Crippen LogP contribution in [0.25, 0.3) is 11.5 Å². The molecule has 0 spiro atoms. The maximum atomic E-state index is 12.5. The van der Waals surface area contributed by atoms with Crippen molar-refractivity contribution >= 4 is 39.1 Å². The third kappa shape index (κ3) is 4.15. The quantitative estimate of drug-likeness (QED) is 0.671. The van der Waals surface area contributed by atoms with Crippen molar-refractivity contribution in [1.82, 2.24) is 10.1 Å². The van der Waals surface area contributed by atoms with Crippen molar-refractivity contribution in [2.45, 2.75) is 13.8 Å². The largest absolute Gasteiger partial charge is 0.334 e. The molecule has 0 aliphatic heterocycles. The number of benzene rings is 2. The van der Waals surface area contributed by atoms with E-state index >= 15 is 0 Å². The highest BCUT2D eigenvalue weighted by Crippen LogP contribution is 2.27. The van der Waals surface area contributed by atoms with Crippen LogP contribution in [-0.2, 0) is 4.79 Å². The van der Waals surface area contributed by atoms with Gasteiger partial charge in [-0.25, -0.2) is 0 Å². The highest BCUT2D eigenvalue weighted by molar-refractivity contribution is 9.10. The third-order valence-corrected chi connectivity index (χ3v) is 3.96. The molecule has 8 heteroatoms. The molecule has 0 atom stereocenters. The monoisotopic (exact) mass is 414 g/mol. The van der Waals surface area contributed by atoms with E-state index in [1.54, 1.807) is 49.4 Å². The van der Waals surface area contributed by atoms with Crippen LogP contribution in [0, 0.1) is 6.92 Å². The van der Waals surface area contributed by atoms with Gasteiger partial charge in [-0.05, 0) is 49.4 Å². The van der Waals surface area contributed by atoms with Crippen LogP contribution in [0.3, 0.4) is 0 Å². The highest BCUT2D eigenvalue weighted by Gasteiger charge is 2.12. The number of hydrogen-bond acceptors (Lipinski definition) is 5. The van der Waals surface area contributed by atoms with Crippen LogP contribution in [0.15, 0.2) is 51.5 Å². The number of hydrogen-bond donors (Lipinski definition) is 2. The topological polar surface area (TPSA) is 97.1 Å². The Morgan fingerprint density at radius 3 is 2.38 bits per heavy atom. The number of rotatable bonds is 4. The van der Waals surface area contributed by atoms with E-state index < -0.39 is 0 Å². The van der Waals surface area contributed by atoms with Crippen LogP contribution in [0.1, 0.15) is 23.1 Å². The Bertz CT molecular complexity index is 967. The SMILES string of the molecule is CC(=O)Nc1ccc(Br)cc1NC(=O)c1ccc(-c2nc(C)no2)cc1. The number of halogens is 1. The Labute approximate surface area is 157 Å². The second kappa shape index (κ2) is 7.49. The molecule has 132 valence electrons. The Kier molecular flexibility index (Phi) is 5.13. The standard InChI is InChI=1S/C18H15BrN4O3/c1-10-20-18(26-23-10)13-5-3-12(4-6-13)17(25)22-16-9-14(19)7-8-15(16)21-11(2)24/h3-9H,1-2H3,(H,21,24)(H,22,25). The van der Waals surface area contributed by atoms with E-state index in [1.165, 1.54) is 6.92 Å². The van der Waals surface area contributed by atoms with Gasteiger partial charge in [-0.1, -0.05) is 21.1 Å². The van der Waals surface area contributed by atoms with Gasteiger partial charge in [0.2, 0.25) is 5.91 Å². The molecule has 0 unspecified atom stereocenters. The fourth-order valence-corrected chi connectivity index (χ4v) is 2.65. The molecular weight excluding hydrogens is 400 g/mol. The molecule has 2 N–H and O–H groups in total. The summed E-state index contributed by atoms with van der Waals surface area (Å²) < 4.78 is 5.89. The van der Waals surface area contributed by atoms with Gasteiger partial charge in [-0.15, -0.1) is 0 Å². The van der Waals surface area contributed by atoms with Gasteiger partial charge >= 0.3 is 0 Å². The van der Waals surface area contributed by atoms with Crippen LogP contribution in [0.2, 0.25) is 0 Å². The van der Waals surface area contributed by atoms with Crippen molar-refractivity contribution < 1.29 is 14.1 Å². The lowest BCUT2D eigenvalue weighted by molar-refractivity contribution is -0.114. The molecule has 1 heterocycles. The van der Waals surface area contributed by atoms with Gasteiger partial charge in [0, 0.05) is 22.5 Å². The second-order valence-corrected chi connectivity index (χ2v) is 6.46. The Morgan fingerprint density at radius 2 is 1.77 bits per heavy atom. The van der Waals surface area contributed by atoms with Crippen molar-refractivity contribution in [3.05, 3.63) is 58.3 Å². The molecule has 0 saturated carbocycles. The smallest absolute Gasteiger partial charge is 0.257 e. The van der Waals surface area contributed by atoms with Crippen LogP contribution >= 0.6 is 15.9 Å². The number of aromatic nitrogens is 2. The van der Waals surface area contributed by atoms with Crippen molar-refractivity contribution in [3.8, 4) is 11.5 Å². The summed E-state index contributed by atoms with van der Waals surface area (Å²) in [5, 5.41) is 9.23. The van der Waals surface area contributed by atoms with E-state index in [2.05, 4.69) is 36.7 Å². The van der Waals surface area contributed by atoms with Crippen molar-refractivity contribution in [1.29, 1.82) is 0 Å². The summed E-state index contributed by atoms with van der Waals surface area (Å²) in [6, 6.07) is 12.0. The summed E-state index contributed by atoms with van der Waals surface area (Å²) in [6.07, 6.45) is 0. The van der Waals surface area contributed by atoms with Crippen LogP contribution in [0.4, 0.5) is 11.4 Å². The Morgan fingerprint density at radius 1 is 1.04 bits per heavy atom. The average molecular weight is 415 g/mol. The van der Waals surface area contributed by atoms with E-state index in [4.69, 9.17) is 4.52 Å². The van der Waals surface area contributed by atoms with E-state index in [9.17, 15) is 9.59 Å². The second-order valence-electron chi connectivity index (χ2n) is 5.55. The normalized spacial score (nSPS) is 10.4. The molecule has 0 bridgehead atoms. The van der Waals surface area contributed by atoms with Gasteiger partial charge in [-0.3, -0.25) is 9.59 Å². The summed E-state index contributed by atoms with van der Waals surface area (Å²) >= 11 is 3.36. The number of nitrogens with one attached hydrogen (secondary N) is 2. The number of aryl methyl sites for hydroxylation is 1. The van der Waals surface area contributed by atoms with Crippen molar-refractivity contribution in [2.75, 3.05) is 10.6 Å². The zero-order valence-corrected chi connectivity index (χ0v) is 15.6. The number of anilines is 2. The van der Waals surface area contributed by atoms with Crippen LogP contribution in [0.5, 0.6) is 0 Å². The Balaban J connectivity index is 1.80. The molecule has 1 aromatic heterocycles. The zero-order valence-electron chi connectivity index (χ0n) is 14.0. The molecule has 0 aliphatic rings. The molecule has 2 amide bonds. The summed E-state index contributed by atoms with van der Waals surface area (Å²) in [4.78, 5) is 28.0. The number of amides is 2. The van der Waals surface area contributed by atoms with E-state index in [0.717, 1.165) is 10.0 Å². The van der Waals surface area contributed by atoms with Gasteiger partial charge in [0.05, 0.1) is 11.4 Å². The predicted octanol–water partition coefficient (Wildman–Crippen LogP) is 4.02. The average Bonchev–Trinajstić information content (AvgIpc) is 3.03. The molecule has 0 fully saturated rings. The van der Waals surface area contributed by atoms with Gasteiger partial charge in [0.15, 0.2) is 5.82 Å². The van der Waals surface area contributed by atoms with Gasteiger partial charge < -0.3 is 15.2 Å². The van der Waals surface area contributed by atoms with Crippen LogP contribution in [-0.4, -0.2) is 22.0 Å². The molecule has 0 aliphatic carbocycles. The zero-order chi connectivity index (χ0) is 18.7. The minimum absolute atomic E-state index is 0.220. The third-order valence-electron chi connectivity index (χ3n) is 3.46. The first-order valence-corrected chi connectivity index (χ1v) is 8.51. The molecule has 7 nitrogen and oxygen atoms in total. The molecule has 2 aromatic carbocycles. The van der Waals surface area contributed by atoms with Crippen molar-refractivity contribution in [2.24, 2.45) is 0 Å². The van der Waals surface area contributed by atoms with E-state index in [-0.39, 0.29) is 11.8 Å². The predicted molar refractivity (Wildman–Crippen MR) is 101 cm³/mol. The van der Waals surface area contributed by atoms with Gasteiger partial charge in [0.1, 0.15) is 0 Å². The minimum Gasteiger partial charge on any atom is -0.334 e. The lowest BCUT2D eigenvalue weighted by Crippen LogP contribution is -2.15. The first kappa shape index (κ1) is 17.8. The highest BCUT2D eigenvalue weighted by atomic mass is 79.9. The minimum atomic E-state index is -0.303. The summed E-state index contributed by atoms with van der Waals surface area (Å²) in [5.74, 6) is 0.418. The van der Waals surface area contributed by atoms with Gasteiger partial charge in [0.25, 0.3) is 11.8 Å².